The van der Waals surface area contributed by atoms with Gasteiger partial charge in [-0.1, -0.05) is 6.92 Å². The van der Waals surface area contributed by atoms with Crippen LogP contribution >= 0.6 is 12.4 Å². The van der Waals surface area contributed by atoms with E-state index in [4.69, 9.17) is 5.73 Å². The van der Waals surface area contributed by atoms with Gasteiger partial charge < -0.3 is 11.1 Å². The van der Waals surface area contributed by atoms with E-state index in [9.17, 15) is 9.00 Å². The predicted molar refractivity (Wildman–Crippen MR) is 59.9 cm³/mol. The van der Waals surface area contributed by atoms with Crippen molar-refractivity contribution in [1.82, 2.24) is 5.32 Å². The van der Waals surface area contributed by atoms with Crippen LogP contribution < -0.4 is 11.1 Å². The van der Waals surface area contributed by atoms with Crippen molar-refractivity contribution in [2.75, 3.05) is 11.5 Å². The quantitative estimate of drug-likeness (QED) is 0.717. The molecule has 1 fully saturated rings. The number of hydrogen-bond donors (Lipinski definition) is 2. The van der Waals surface area contributed by atoms with Crippen LogP contribution in [0.25, 0.3) is 0 Å². The van der Waals surface area contributed by atoms with Crippen molar-refractivity contribution in [1.29, 1.82) is 0 Å². The molecule has 0 bridgehead atoms. The largest absolute Gasteiger partial charge is 0.351 e. The normalized spacial score (nSPS) is 27.9. The summed E-state index contributed by atoms with van der Waals surface area (Å²) >= 11 is 0. The maximum absolute atomic E-state index is 11.3. The Hall–Kier alpha value is -0.130. The number of halogens is 1. The minimum atomic E-state index is -0.740. The molecule has 0 spiro atoms. The number of nitrogens with two attached hydrogens (primary N) is 1. The second-order valence-corrected chi connectivity index (χ2v) is 4.94. The molecule has 6 heteroatoms. The summed E-state index contributed by atoms with van der Waals surface area (Å²) in [5, 5.41) is 2.80. The summed E-state index contributed by atoms with van der Waals surface area (Å²) in [6.07, 6.45) is 1.45. The molecule has 3 unspecified atom stereocenters. The average molecular weight is 241 g/mol. The molecule has 1 rings (SSSR count). The fourth-order valence-electron chi connectivity index (χ4n) is 1.27. The highest BCUT2D eigenvalue weighted by molar-refractivity contribution is 7.85. The molecule has 84 valence electrons. The van der Waals surface area contributed by atoms with E-state index >= 15 is 0 Å². The molecule has 0 aromatic heterocycles. The van der Waals surface area contributed by atoms with Gasteiger partial charge in [0.2, 0.25) is 5.91 Å². The summed E-state index contributed by atoms with van der Waals surface area (Å²) in [7, 11) is -0.740. The molecule has 0 saturated carbocycles. The first-order chi connectivity index (χ1) is 6.13. The van der Waals surface area contributed by atoms with Gasteiger partial charge in [0.1, 0.15) is 0 Å². The van der Waals surface area contributed by atoms with E-state index in [1.54, 1.807) is 0 Å². The lowest BCUT2D eigenvalue weighted by Gasteiger charge is -2.14. The van der Waals surface area contributed by atoms with E-state index in [0.29, 0.717) is 17.9 Å². The van der Waals surface area contributed by atoms with Crippen molar-refractivity contribution in [3.63, 3.8) is 0 Å². The van der Waals surface area contributed by atoms with Crippen molar-refractivity contribution in [3.8, 4) is 0 Å². The maximum atomic E-state index is 11.3. The van der Waals surface area contributed by atoms with E-state index in [2.05, 4.69) is 5.32 Å². The number of nitrogens with one attached hydrogen (secondary N) is 1. The zero-order chi connectivity index (χ0) is 9.84. The van der Waals surface area contributed by atoms with Crippen LogP contribution in [0.5, 0.6) is 0 Å². The smallest absolute Gasteiger partial charge is 0.237 e. The van der Waals surface area contributed by atoms with Crippen molar-refractivity contribution < 1.29 is 9.00 Å². The van der Waals surface area contributed by atoms with Crippen LogP contribution in [-0.2, 0) is 15.6 Å². The van der Waals surface area contributed by atoms with Crippen LogP contribution in [-0.4, -0.2) is 33.7 Å². The van der Waals surface area contributed by atoms with Crippen molar-refractivity contribution in [2.45, 2.75) is 31.8 Å². The van der Waals surface area contributed by atoms with Gasteiger partial charge >= 0.3 is 0 Å². The van der Waals surface area contributed by atoms with E-state index in [0.717, 1.165) is 6.42 Å². The van der Waals surface area contributed by atoms with Crippen LogP contribution in [0.1, 0.15) is 19.8 Å². The third-order valence-electron chi connectivity index (χ3n) is 2.20. The van der Waals surface area contributed by atoms with Crippen LogP contribution in [0, 0.1) is 0 Å². The Morgan fingerprint density at radius 3 is 2.79 bits per heavy atom. The molecule has 4 nitrogen and oxygen atoms in total. The Morgan fingerprint density at radius 1 is 1.71 bits per heavy atom. The van der Waals surface area contributed by atoms with Crippen LogP contribution in [0.15, 0.2) is 0 Å². The van der Waals surface area contributed by atoms with Gasteiger partial charge in [0, 0.05) is 28.3 Å². The third kappa shape index (κ3) is 3.94. The molecule has 1 saturated heterocycles. The van der Waals surface area contributed by atoms with Crippen LogP contribution in [0.3, 0.4) is 0 Å². The van der Waals surface area contributed by atoms with Crippen LogP contribution in [0.2, 0.25) is 0 Å². The lowest BCUT2D eigenvalue weighted by atomic mass is 10.2. The lowest BCUT2D eigenvalue weighted by Crippen LogP contribution is -2.45. The van der Waals surface area contributed by atoms with Crippen molar-refractivity contribution in [3.05, 3.63) is 0 Å². The van der Waals surface area contributed by atoms with Crippen molar-refractivity contribution in [2.24, 2.45) is 5.73 Å². The number of hydrogen-bond acceptors (Lipinski definition) is 3. The molecule has 0 aromatic carbocycles. The van der Waals surface area contributed by atoms with Gasteiger partial charge in [0.05, 0.1) is 6.04 Å². The topological polar surface area (TPSA) is 72.2 Å². The first-order valence-electron chi connectivity index (χ1n) is 4.54. The Morgan fingerprint density at radius 2 is 2.36 bits per heavy atom. The predicted octanol–water partition coefficient (Wildman–Crippen LogP) is -0.217. The number of carbonyl (C=O) groups is 1. The summed E-state index contributed by atoms with van der Waals surface area (Å²) in [5.41, 5.74) is 5.54. The fourth-order valence-corrected chi connectivity index (χ4v) is 2.69. The molecule has 1 heterocycles. The van der Waals surface area contributed by atoms with Crippen LogP contribution in [0.4, 0.5) is 0 Å². The second-order valence-electron chi connectivity index (χ2n) is 3.32. The summed E-state index contributed by atoms with van der Waals surface area (Å²) in [6, 6.07) is -0.347. The van der Waals surface area contributed by atoms with Gasteiger partial charge in [-0.3, -0.25) is 9.00 Å². The SMILES string of the molecule is CCC(N)C(=O)NC1CCS(=O)C1.Cl. The zero-order valence-corrected chi connectivity index (χ0v) is 9.83. The van der Waals surface area contributed by atoms with E-state index in [-0.39, 0.29) is 24.4 Å². The number of carbonyl (C=O) groups excluding carboxylic acids is 1. The molecule has 3 N–H and O–H groups in total. The summed E-state index contributed by atoms with van der Waals surface area (Å²) in [5.74, 6) is 1.17. The molecule has 0 aromatic rings. The Bertz CT molecular complexity index is 225. The summed E-state index contributed by atoms with van der Waals surface area (Å²) in [6.45, 7) is 1.87. The molecule has 1 aliphatic rings. The molecule has 3 atom stereocenters. The lowest BCUT2D eigenvalue weighted by molar-refractivity contribution is -0.122. The standard InChI is InChI=1S/C8H16N2O2S.ClH/c1-2-7(9)8(11)10-6-3-4-13(12)5-6;/h6-7H,2-5,9H2,1H3,(H,10,11);1H. The minimum Gasteiger partial charge on any atom is -0.351 e. The van der Waals surface area contributed by atoms with E-state index < -0.39 is 16.8 Å². The minimum absolute atomic E-state index is 0. The second kappa shape index (κ2) is 6.37. The van der Waals surface area contributed by atoms with E-state index in [1.165, 1.54) is 0 Å². The molecule has 0 aliphatic carbocycles. The first kappa shape index (κ1) is 13.9. The highest BCUT2D eigenvalue weighted by Gasteiger charge is 2.23. The number of amides is 1. The third-order valence-corrected chi connectivity index (χ3v) is 3.67. The highest BCUT2D eigenvalue weighted by Crippen LogP contribution is 2.07. The van der Waals surface area contributed by atoms with Gasteiger partial charge in [0.25, 0.3) is 0 Å². The Balaban J connectivity index is 0.00000169. The zero-order valence-electron chi connectivity index (χ0n) is 8.19. The Kier molecular flexibility index (Phi) is 6.31. The van der Waals surface area contributed by atoms with Gasteiger partial charge in [-0.05, 0) is 12.8 Å². The van der Waals surface area contributed by atoms with E-state index in [1.807, 2.05) is 6.92 Å². The monoisotopic (exact) mass is 240 g/mol. The van der Waals surface area contributed by atoms with Crippen molar-refractivity contribution >= 4 is 29.1 Å². The molecule has 14 heavy (non-hydrogen) atoms. The Labute approximate surface area is 92.9 Å². The summed E-state index contributed by atoms with van der Waals surface area (Å²) < 4.78 is 11.0. The highest BCUT2D eigenvalue weighted by atomic mass is 35.5. The molecular formula is C8H17ClN2O2S. The number of rotatable bonds is 3. The maximum Gasteiger partial charge on any atom is 0.237 e. The molecule has 1 aliphatic heterocycles. The van der Waals surface area contributed by atoms with Gasteiger partial charge in [-0.2, -0.15) is 0 Å². The van der Waals surface area contributed by atoms with Gasteiger partial charge in [-0.25, -0.2) is 0 Å². The van der Waals surface area contributed by atoms with Gasteiger partial charge in [0.15, 0.2) is 0 Å². The molecule has 0 radical (unpaired) electrons. The molecule has 1 amide bonds. The summed E-state index contributed by atoms with van der Waals surface area (Å²) in [4.78, 5) is 11.3. The van der Waals surface area contributed by atoms with Gasteiger partial charge in [-0.15, -0.1) is 12.4 Å². The fraction of sp³-hybridized carbons (Fsp3) is 0.875. The average Bonchev–Trinajstić information content (AvgIpc) is 2.49. The molecular weight excluding hydrogens is 224 g/mol. The first-order valence-corrected chi connectivity index (χ1v) is 6.03.